The predicted molar refractivity (Wildman–Crippen MR) is 47.9 cm³/mol. The first-order chi connectivity index (χ1) is 4.97. The molecule has 1 atom stereocenters. The Hall–Kier alpha value is 0.200. The molecule has 0 aliphatic carbocycles. The standard InChI is InChI=1S/C6H10N2S2/c1-2-8-6-4-10-9-3-5(6)7-1/h3,6-8H,1-2,4H2. The smallest absolute Gasteiger partial charge is 0.0576 e. The van der Waals surface area contributed by atoms with Crippen molar-refractivity contribution in [3.05, 3.63) is 11.1 Å². The third-order valence-corrected chi connectivity index (χ3v) is 3.76. The van der Waals surface area contributed by atoms with Gasteiger partial charge < -0.3 is 10.6 Å². The minimum Gasteiger partial charge on any atom is -0.385 e. The molecule has 0 aromatic heterocycles. The van der Waals surface area contributed by atoms with Gasteiger partial charge in [-0.15, -0.1) is 0 Å². The molecule has 0 spiro atoms. The van der Waals surface area contributed by atoms with Crippen LogP contribution in [-0.2, 0) is 0 Å². The maximum atomic E-state index is 3.46. The third kappa shape index (κ3) is 1.28. The number of rotatable bonds is 0. The Morgan fingerprint density at radius 1 is 1.50 bits per heavy atom. The number of piperazine rings is 1. The maximum absolute atomic E-state index is 3.46. The van der Waals surface area contributed by atoms with E-state index in [0.29, 0.717) is 6.04 Å². The topological polar surface area (TPSA) is 24.1 Å². The molecular formula is C6H10N2S2. The van der Waals surface area contributed by atoms with E-state index < -0.39 is 0 Å². The summed E-state index contributed by atoms with van der Waals surface area (Å²) in [4.78, 5) is 0. The van der Waals surface area contributed by atoms with Crippen molar-refractivity contribution < 1.29 is 0 Å². The van der Waals surface area contributed by atoms with Crippen LogP contribution >= 0.6 is 21.6 Å². The lowest BCUT2D eigenvalue weighted by Crippen LogP contribution is -2.48. The van der Waals surface area contributed by atoms with Crippen molar-refractivity contribution in [1.82, 2.24) is 10.6 Å². The van der Waals surface area contributed by atoms with Crippen molar-refractivity contribution >= 4 is 21.6 Å². The Kier molecular flexibility index (Phi) is 2.11. The highest BCUT2D eigenvalue weighted by Crippen LogP contribution is 2.31. The zero-order valence-electron chi connectivity index (χ0n) is 5.59. The van der Waals surface area contributed by atoms with Gasteiger partial charge >= 0.3 is 0 Å². The van der Waals surface area contributed by atoms with Gasteiger partial charge in [0.1, 0.15) is 0 Å². The fourth-order valence-corrected chi connectivity index (χ4v) is 3.24. The molecule has 0 bridgehead atoms. The molecule has 2 nitrogen and oxygen atoms in total. The van der Waals surface area contributed by atoms with Gasteiger partial charge in [-0.3, -0.25) is 0 Å². The summed E-state index contributed by atoms with van der Waals surface area (Å²) < 4.78 is 0. The summed E-state index contributed by atoms with van der Waals surface area (Å²) in [7, 11) is 3.75. The van der Waals surface area contributed by atoms with Crippen molar-refractivity contribution in [2.45, 2.75) is 6.04 Å². The van der Waals surface area contributed by atoms with Gasteiger partial charge in [0.25, 0.3) is 0 Å². The highest BCUT2D eigenvalue weighted by Gasteiger charge is 2.20. The van der Waals surface area contributed by atoms with E-state index in [4.69, 9.17) is 0 Å². The highest BCUT2D eigenvalue weighted by atomic mass is 33.1. The van der Waals surface area contributed by atoms with Crippen molar-refractivity contribution in [3.8, 4) is 0 Å². The SMILES string of the molecule is C1=C2NCCNC2CSS1. The molecule has 1 unspecified atom stereocenters. The summed E-state index contributed by atoms with van der Waals surface area (Å²) in [6, 6.07) is 0.597. The molecule has 0 radical (unpaired) electrons. The van der Waals surface area contributed by atoms with E-state index in [1.807, 2.05) is 21.6 Å². The van der Waals surface area contributed by atoms with E-state index >= 15 is 0 Å². The summed E-state index contributed by atoms with van der Waals surface area (Å²) >= 11 is 0. The zero-order valence-corrected chi connectivity index (χ0v) is 7.23. The molecule has 2 N–H and O–H groups in total. The minimum atomic E-state index is 0.597. The van der Waals surface area contributed by atoms with Crippen molar-refractivity contribution in [1.29, 1.82) is 0 Å². The molecule has 0 amide bonds. The minimum absolute atomic E-state index is 0.597. The van der Waals surface area contributed by atoms with E-state index in [-0.39, 0.29) is 0 Å². The lowest BCUT2D eigenvalue weighted by molar-refractivity contribution is 0.512. The molecule has 2 rings (SSSR count). The Bertz CT molecular complexity index is 158. The van der Waals surface area contributed by atoms with Crippen LogP contribution in [0.15, 0.2) is 11.1 Å². The van der Waals surface area contributed by atoms with Gasteiger partial charge in [-0.2, -0.15) is 0 Å². The van der Waals surface area contributed by atoms with Crippen LogP contribution in [-0.4, -0.2) is 24.9 Å². The number of hydrogen-bond donors (Lipinski definition) is 2. The van der Waals surface area contributed by atoms with E-state index in [2.05, 4.69) is 16.0 Å². The normalized spacial score (nSPS) is 32.0. The van der Waals surface area contributed by atoms with Gasteiger partial charge in [-0.05, 0) is 0 Å². The second kappa shape index (κ2) is 3.07. The van der Waals surface area contributed by atoms with Gasteiger partial charge in [0, 0.05) is 29.9 Å². The van der Waals surface area contributed by atoms with Crippen LogP contribution in [0.5, 0.6) is 0 Å². The summed E-state index contributed by atoms with van der Waals surface area (Å²) in [6.07, 6.45) is 0. The van der Waals surface area contributed by atoms with Crippen LogP contribution in [0.25, 0.3) is 0 Å². The Morgan fingerprint density at radius 2 is 2.50 bits per heavy atom. The molecule has 56 valence electrons. The summed E-state index contributed by atoms with van der Waals surface area (Å²) in [5, 5.41) is 9.05. The monoisotopic (exact) mass is 174 g/mol. The van der Waals surface area contributed by atoms with Gasteiger partial charge in [0.15, 0.2) is 0 Å². The van der Waals surface area contributed by atoms with Crippen molar-refractivity contribution in [2.24, 2.45) is 0 Å². The number of hydrogen-bond acceptors (Lipinski definition) is 4. The van der Waals surface area contributed by atoms with Crippen LogP contribution in [0.3, 0.4) is 0 Å². The molecule has 1 saturated heterocycles. The third-order valence-electron chi connectivity index (χ3n) is 1.70. The second-order valence-electron chi connectivity index (χ2n) is 2.39. The van der Waals surface area contributed by atoms with Gasteiger partial charge in [-0.1, -0.05) is 21.6 Å². The van der Waals surface area contributed by atoms with E-state index in [0.717, 1.165) is 13.1 Å². The first-order valence-corrected chi connectivity index (χ1v) is 5.80. The molecule has 0 aromatic carbocycles. The van der Waals surface area contributed by atoms with E-state index in [1.54, 1.807) is 0 Å². The Labute approximate surface area is 68.6 Å². The van der Waals surface area contributed by atoms with Gasteiger partial charge in [0.05, 0.1) is 6.04 Å². The van der Waals surface area contributed by atoms with Gasteiger partial charge in [0.2, 0.25) is 0 Å². The number of fused-ring (bicyclic) bond motifs is 1. The molecule has 10 heavy (non-hydrogen) atoms. The first-order valence-electron chi connectivity index (χ1n) is 3.42. The van der Waals surface area contributed by atoms with Crippen LogP contribution in [0, 0.1) is 0 Å². The first kappa shape index (κ1) is 6.88. The van der Waals surface area contributed by atoms with Crippen LogP contribution in [0.2, 0.25) is 0 Å². The fraction of sp³-hybridized carbons (Fsp3) is 0.667. The summed E-state index contributed by atoms with van der Waals surface area (Å²) in [6.45, 7) is 2.18. The quantitative estimate of drug-likeness (QED) is 0.530. The molecule has 0 aromatic rings. The molecule has 1 fully saturated rings. The molecule has 4 heteroatoms. The average molecular weight is 174 g/mol. The van der Waals surface area contributed by atoms with Gasteiger partial charge in [-0.25, -0.2) is 0 Å². The van der Waals surface area contributed by atoms with E-state index in [9.17, 15) is 0 Å². The fourth-order valence-electron chi connectivity index (χ4n) is 1.15. The maximum Gasteiger partial charge on any atom is 0.0576 e. The molecule has 2 aliphatic heterocycles. The second-order valence-corrected chi connectivity index (χ2v) is 4.67. The predicted octanol–water partition coefficient (Wildman–Crippen LogP) is 0.784. The molecular weight excluding hydrogens is 164 g/mol. The molecule has 2 heterocycles. The summed E-state index contributed by atoms with van der Waals surface area (Å²) in [5.74, 6) is 1.20. The molecule has 2 aliphatic rings. The van der Waals surface area contributed by atoms with E-state index in [1.165, 1.54) is 11.4 Å². The zero-order chi connectivity index (χ0) is 6.81. The molecule has 0 saturated carbocycles. The van der Waals surface area contributed by atoms with Crippen LogP contribution in [0.1, 0.15) is 0 Å². The van der Waals surface area contributed by atoms with Crippen LogP contribution < -0.4 is 10.6 Å². The Balaban J connectivity index is 2.08. The van der Waals surface area contributed by atoms with Crippen molar-refractivity contribution in [3.63, 3.8) is 0 Å². The average Bonchev–Trinajstić information content (AvgIpc) is 2.05. The van der Waals surface area contributed by atoms with Crippen molar-refractivity contribution in [2.75, 3.05) is 18.8 Å². The summed E-state index contributed by atoms with van der Waals surface area (Å²) in [5.41, 5.74) is 1.38. The largest absolute Gasteiger partial charge is 0.385 e. The highest BCUT2D eigenvalue weighted by molar-refractivity contribution is 8.77. The van der Waals surface area contributed by atoms with Crippen LogP contribution in [0.4, 0.5) is 0 Å². The Morgan fingerprint density at radius 3 is 3.40 bits per heavy atom. The number of nitrogens with one attached hydrogen (secondary N) is 2. The lowest BCUT2D eigenvalue weighted by atomic mass is 10.2. The lowest BCUT2D eigenvalue weighted by Gasteiger charge is -2.30.